The topological polar surface area (TPSA) is 18.5 Å². The standard InChI is InChI=1S/C10H13IO2/c11-6-1-2-7-8-3-4-12-10(8)13-9(7)5-6/h1,7-10H,2-5H2. The van der Waals surface area contributed by atoms with Gasteiger partial charge in [0.05, 0.1) is 12.7 Å². The maximum atomic E-state index is 5.89. The van der Waals surface area contributed by atoms with Crippen LogP contribution >= 0.6 is 22.6 Å². The van der Waals surface area contributed by atoms with E-state index in [1.807, 2.05) is 0 Å². The lowest BCUT2D eigenvalue weighted by molar-refractivity contribution is -0.117. The summed E-state index contributed by atoms with van der Waals surface area (Å²) in [6.45, 7) is 0.902. The van der Waals surface area contributed by atoms with E-state index in [1.165, 1.54) is 16.4 Å². The van der Waals surface area contributed by atoms with E-state index < -0.39 is 0 Å². The van der Waals surface area contributed by atoms with Gasteiger partial charge in [0, 0.05) is 12.3 Å². The molecule has 4 unspecified atom stereocenters. The fourth-order valence-corrected chi connectivity index (χ4v) is 3.44. The van der Waals surface area contributed by atoms with Crippen LogP contribution in [0.1, 0.15) is 19.3 Å². The largest absolute Gasteiger partial charge is 0.352 e. The lowest BCUT2D eigenvalue weighted by Crippen LogP contribution is -2.22. The molecule has 0 N–H and O–H groups in total. The van der Waals surface area contributed by atoms with Gasteiger partial charge in [-0.25, -0.2) is 0 Å². The van der Waals surface area contributed by atoms with Crippen molar-refractivity contribution in [3.05, 3.63) is 9.66 Å². The molecule has 3 aliphatic rings. The van der Waals surface area contributed by atoms with Crippen LogP contribution in [-0.2, 0) is 9.47 Å². The third kappa shape index (κ3) is 1.36. The van der Waals surface area contributed by atoms with Gasteiger partial charge >= 0.3 is 0 Å². The van der Waals surface area contributed by atoms with E-state index in [1.54, 1.807) is 0 Å². The molecule has 3 rings (SSSR count). The van der Waals surface area contributed by atoms with Crippen molar-refractivity contribution >= 4 is 22.6 Å². The van der Waals surface area contributed by atoms with E-state index in [0.717, 1.165) is 18.9 Å². The van der Waals surface area contributed by atoms with Crippen molar-refractivity contribution in [1.29, 1.82) is 0 Å². The van der Waals surface area contributed by atoms with Crippen molar-refractivity contribution in [1.82, 2.24) is 0 Å². The van der Waals surface area contributed by atoms with E-state index >= 15 is 0 Å². The van der Waals surface area contributed by atoms with E-state index in [-0.39, 0.29) is 6.29 Å². The minimum absolute atomic E-state index is 0.130. The molecule has 13 heavy (non-hydrogen) atoms. The van der Waals surface area contributed by atoms with E-state index in [4.69, 9.17) is 9.47 Å². The zero-order chi connectivity index (χ0) is 8.84. The van der Waals surface area contributed by atoms with Gasteiger partial charge in [-0.3, -0.25) is 0 Å². The van der Waals surface area contributed by atoms with Crippen molar-refractivity contribution < 1.29 is 9.47 Å². The van der Waals surface area contributed by atoms with Gasteiger partial charge in [-0.05, 0) is 44.9 Å². The van der Waals surface area contributed by atoms with Crippen LogP contribution < -0.4 is 0 Å². The zero-order valence-corrected chi connectivity index (χ0v) is 9.57. The van der Waals surface area contributed by atoms with Gasteiger partial charge in [0.2, 0.25) is 0 Å². The highest BCUT2D eigenvalue weighted by molar-refractivity contribution is 14.1. The predicted molar refractivity (Wildman–Crippen MR) is 57.5 cm³/mol. The molecule has 0 spiro atoms. The SMILES string of the molecule is IC1=CCC2C(C1)OC1OCCC12. The van der Waals surface area contributed by atoms with Gasteiger partial charge < -0.3 is 9.47 Å². The molecule has 72 valence electrons. The number of halogens is 1. The van der Waals surface area contributed by atoms with Crippen LogP contribution in [0.15, 0.2) is 9.66 Å². The fourth-order valence-electron chi connectivity index (χ4n) is 2.75. The van der Waals surface area contributed by atoms with Crippen LogP contribution in [0.3, 0.4) is 0 Å². The van der Waals surface area contributed by atoms with Crippen LogP contribution in [0.25, 0.3) is 0 Å². The van der Waals surface area contributed by atoms with Crippen molar-refractivity contribution in [3.8, 4) is 0 Å². The van der Waals surface area contributed by atoms with E-state index in [9.17, 15) is 0 Å². The Morgan fingerprint density at radius 2 is 2.31 bits per heavy atom. The normalized spacial score (nSPS) is 48.5. The molecule has 2 nitrogen and oxygen atoms in total. The second kappa shape index (κ2) is 3.21. The van der Waals surface area contributed by atoms with Gasteiger partial charge in [-0.2, -0.15) is 0 Å². The minimum Gasteiger partial charge on any atom is -0.352 e. The molecular formula is C10H13IO2. The van der Waals surface area contributed by atoms with Gasteiger partial charge in [0.25, 0.3) is 0 Å². The monoisotopic (exact) mass is 292 g/mol. The average Bonchev–Trinajstić information content (AvgIpc) is 2.62. The minimum atomic E-state index is 0.130. The van der Waals surface area contributed by atoms with Crippen LogP contribution in [0, 0.1) is 11.8 Å². The Hall–Kier alpha value is 0.390. The van der Waals surface area contributed by atoms with E-state index in [0.29, 0.717) is 12.0 Å². The molecule has 2 heterocycles. The summed E-state index contributed by atoms with van der Waals surface area (Å²) in [5, 5.41) is 0. The third-order valence-corrected chi connectivity index (χ3v) is 4.31. The zero-order valence-electron chi connectivity index (χ0n) is 7.41. The molecule has 0 aromatic heterocycles. The Morgan fingerprint density at radius 1 is 1.38 bits per heavy atom. The first-order valence-electron chi connectivity index (χ1n) is 4.96. The molecule has 4 atom stereocenters. The van der Waals surface area contributed by atoms with Crippen molar-refractivity contribution in [3.63, 3.8) is 0 Å². The molecule has 0 aromatic rings. The second-order valence-corrected chi connectivity index (χ2v) is 5.51. The number of hydrogen-bond acceptors (Lipinski definition) is 2. The van der Waals surface area contributed by atoms with Crippen LogP contribution in [-0.4, -0.2) is 19.0 Å². The molecule has 0 saturated carbocycles. The van der Waals surface area contributed by atoms with Gasteiger partial charge in [-0.15, -0.1) is 0 Å². The Kier molecular flexibility index (Phi) is 2.14. The maximum absolute atomic E-state index is 5.89. The van der Waals surface area contributed by atoms with Crippen LogP contribution in [0.2, 0.25) is 0 Å². The molecule has 0 aromatic carbocycles. The summed E-state index contributed by atoms with van der Waals surface area (Å²) in [4.78, 5) is 0. The highest BCUT2D eigenvalue weighted by Crippen LogP contribution is 2.46. The summed E-state index contributed by atoms with van der Waals surface area (Å²) < 4.78 is 12.9. The van der Waals surface area contributed by atoms with Crippen LogP contribution in [0.5, 0.6) is 0 Å². The summed E-state index contributed by atoms with van der Waals surface area (Å²) in [5.74, 6) is 1.43. The maximum Gasteiger partial charge on any atom is 0.161 e. The summed E-state index contributed by atoms with van der Waals surface area (Å²) >= 11 is 2.42. The molecule has 2 aliphatic heterocycles. The molecule has 0 radical (unpaired) electrons. The molecule has 3 heteroatoms. The first-order chi connectivity index (χ1) is 6.34. The summed E-state index contributed by atoms with van der Waals surface area (Å²) in [5.41, 5.74) is 0. The number of fused-ring (bicyclic) bond motifs is 3. The molecule has 2 fully saturated rings. The summed E-state index contributed by atoms with van der Waals surface area (Å²) in [7, 11) is 0. The lowest BCUT2D eigenvalue weighted by atomic mass is 9.82. The molecule has 0 bridgehead atoms. The Labute approximate surface area is 91.8 Å². The third-order valence-electron chi connectivity index (χ3n) is 3.43. The van der Waals surface area contributed by atoms with Gasteiger partial charge in [0.15, 0.2) is 6.29 Å². The average molecular weight is 292 g/mol. The number of rotatable bonds is 0. The first-order valence-corrected chi connectivity index (χ1v) is 6.04. The molecule has 2 saturated heterocycles. The lowest BCUT2D eigenvalue weighted by Gasteiger charge is -2.24. The Balaban J connectivity index is 1.82. The summed E-state index contributed by atoms with van der Waals surface area (Å²) in [6, 6.07) is 0. The second-order valence-electron chi connectivity index (χ2n) is 4.12. The molecular weight excluding hydrogens is 279 g/mol. The molecule has 0 amide bonds. The van der Waals surface area contributed by atoms with Crippen LogP contribution in [0.4, 0.5) is 0 Å². The predicted octanol–water partition coefficient (Wildman–Crippen LogP) is 2.48. The quantitative estimate of drug-likeness (QED) is 0.639. The number of allylic oxidation sites excluding steroid dienone is 1. The number of hydrogen-bond donors (Lipinski definition) is 0. The molecule has 1 aliphatic carbocycles. The Bertz CT molecular complexity index is 251. The van der Waals surface area contributed by atoms with Gasteiger partial charge in [-0.1, -0.05) is 6.08 Å². The fraction of sp³-hybridized carbons (Fsp3) is 0.800. The van der Waals surface area contributed by atoms with E-state index in [2.05, 4.69) is 28.7 Å². The Morgan fingerprint density at radius 3 is 3.23 bits per heavy atom. The summed E-state index contributed by atoms with van der Waals surface area (Å²) in [6.07, 6.45) is 6.47. The van der Waals surface area contributed by atoms with Crippen molar-refractivity contribution in [2.45, 2.75) is 31.7 Å². The number of ether oxygens (including phenoxy) is 2. The van der Waals surface area contributed by atoms with Crippen molar-refractivity contribution in [2.24, 2.45) is 11.8 Å². The highest BCUT2D eigenvalue weighted by Gasteiger charge is 2.47. The van der Waals surface area contributed by atoms with Crippen molar-refractivity contribution in [2.75, 3.05) is 6.61 Å². The first kappa shape index (κ1) is 8.68. The van der Waals surface area contributed by atoms with Gasteiger partial charge in [0.1, 0.15) is 0 Å². The smallest absolute Gasteiger partial charge is 0.161 e. The highest BCUT2D eigenvalue weighted by atomic mass is 127.